The lowest BCUT2D eigenvalue weighted by Crippen LogP contribution is -2.59. The topological polar surface area (TPSA) is 195 Å². The van der Waals surface area contributed by atoms with E-state index in [-0.39, 0.29) is 23.8 Å². The van der Waals surface area contributed by atoms with Gasteiger partial charge >= 0.3 is 0 Å². The minimum absolute atomic E-state index is 0.144. The van der Waals surface area contributed by atoms with E-state index in [9.17, 15) is 43.7 Å². The molecule has 0 bridgehead atoms. The molecule has 0 aromatic heterocycles. The summed E-state index contributed by atoms with van der Waals surface area (Å²) in [5, 5.41) is 22.8. The van der Waals surface area contributed by atoms with E-state index in [4.69, 9.17) is 5.21 Å². The van der Waals surface area contributed by atoms with Crippen LogP contribution in [0.1, 0.15) is 89.0 Å². The number of nitro groups is 1. The highest BCUT2D eigenvalue weighted by atomic mass is 16.6. The predicted molar refractivity (Wildman–Crippen MR) is 151 cm³/mol. The fraction of sp³-hybridized carbons (Fsp3) is 0.733. The van der Waals surface area contributed by atoms with Gasteiger partial charge in [0.1, 0.15) is 11.8 Å². The molecule has 12 nitrogen and oxygen atoms in total. The van der Waals surface area contributed by atoms with E-state index in [1.165, 1.54) is 62.3 Å². The molecule has 0 spiro atoms. The summed E-state index contributed by atoms with van der Waals surface area (Å²) in [6.07, 6.45) is 0.114. The van der Waals surface area contributed by atoms with E-state index in [1.54, 1.807) is 0 Å². The van der Waals surface area contributed by atoms with Crippen molar-refractivity contribution < 1.29 is 43.7 Å². The first-order chi connectivity index (χ1) is 18.8. The number of hydrogen-bond acceptors (Lipinski definition) is 11. The zero-order valence-corrected chi connectivity index (χ0v) is 26.4. The second-order valence-corrected chi connectivity index (χ2v) is 14.0. The average Bonchev–Trinajstić information content (AvgIpc) is 2.84. The van der Waals surface area contributed by atoms with Crippen LogP contribution < -0.4 is 0 Å². The van der Waals surface area contributed by atoms with Gasteiger partial charge in [0.15, 0.2) is 40.5 Å². The molecule has 0 radical (unpaired) electrons. The number of oxime groups is 1. The summed E-state index contributed by atoms with van der Waals surface area (Å²) in [5.74, 6) is -6.94. The summed E-state index contributed by atoms with van der Waals surface area (Å²) in [6.45, 7) is 16.7. The molecule has 0 aromatic carbocycles. The Morgan fingerprint density at radius 3 is 1.36 bits per heavy atom. The van der Waals surface area contributed by atoms with Gasteiger partial charge in [-0.2, -0.15) is 0 Å². The van der Waals surface area contributed by atoms with Crippen molar-refractivity contribution in [2.75, 3.05) is 6.54 Å². The van der Waals surface area contributed by atoms with Gasteiger partial charge in [0, 0.05) is 17.3 Å². The molecule has 2 fully saturated rings. The number of rotatable bonds is 8. The first kappa shape index (κ1) is 36.6. The third-order valence-electron chi connectivity index (χ3n) is 8.19. The maximum absolute atomic E-state index is 12.5. The maximum Gasteiger partial charge on any atom is 0.206 e. The van der Waals surface area contributed by atoms with Crippen molar-refractivity contribution in [2.45, 2.75) is 89.0 Å². The lowest BCUT2D eigenvalue weighted by Gasteiger charge is -2.40. The van der Waals surface area contributed by atoms with Crippen LogP contribution in [0.5, 0.6) is 0 Å². The molecule has 0 heterocycles. The molecule has 1 atom stereocenters. The van der Waals surface area contributed by atoms with Crippen LogP contribution in [0.25, 0.3) is 0 Å². The minimum atomic E-state index is -1.50. The van der Waals surface area contributed by atoms with Crippen LogP contribution in [0.15, 0.2) is 5.16 Å². The Kier molecular flexibility index (Phi) is 10.8. The van der Waals surface area contributed by atoms with Crippen LogP contribution in [-0.2, 0) is 33.6 Å². The third kappa shape index (κ3) is 6.78. The van der Waals surface area contributed by atoms with Crippen molar-refractivity contribution in [3.05, 3.63) is 10.1 Å². The van der Waals surface area contributed by atoms with E-state index in [2.05, 4.69) is 5.16 Å². The SMILES string of the molecule is CC(C)C/C(=N\O)C1C(=O)C(C)(C)C(=O)C(C)(C)C1=O.CC(CC(=O)C1C(=O)C(C)(C)C(=O)C(C)(C)C1=O)C[N+](=O)[O-]. The quantitative estimate of drug-likeness (QED) is 0.143. The maximum atomic E-state index is 12.5. The van der Waals surface area contributed by atoms with Gasteiger partial charge in [-0.15, -0.1) is 0 Å². The Morgan fingerprint density at radius 1 is 0.738 bits per heavy atom. The predicted octanol–water partition coefficient (Wildman–Crippen LogP) is 3.50. The molecule has 234 valence electrons. The number of carbonyl (C=O) groups is 7. The van der Waals surface area contributed by atoms with Crippen LogP contribution in [0.2, 0.25) is 0 Å². The molecule has 2 rings (SSSR count). The third-order valence-corrected chi connectivity index (χ3v) is 8.19. The number of hydrogen-bond donors (Lipinski definition) is 1. The Labute approximate surface area is 246 Å². The molecule has 2 aliphatic carbocycles. The zero-order valence-electron chi connectivity index (χ0n) is 26.4. The van der Waals surface area contributed by atoms with Gasteiger partial charge in [0.05, 0.1) is 27.4 Å². The molecule has 12 heteroatoms. The highest BCUT2D eigenvalue weighted by Crippen LogP contribution is 2.43. The van der Waals surface area contributed by atoms with Gasteiger partial charge in [-0.3, -0.25) is 43.7 Å². The van der Waals surface area contributed by atoms with E-state index < -0.39 is 85.6 Å². The van der Waals surface area contributed by atoms with E-state index in [0.717, 1.165) is 0 Å². The van der Waals surface area contributed by atoms with Crippen molar-refractivity contribution in [3.63, 3.8) is 0 Å². The lowest BCUT2D eigenvalue weighted by atomic mass is 9.57. The number of Topliss-reactive ketones (excluding diaryl/α,β-unsaturated/α-hetero) is 7. The molecule has 1 unspecified atom stereocenters. The molecule has 0 saturated heterocycles. The summed E-state index contributed by atoms with van der Waals surface area (Å²) >= 11 is 0. The summed E-state index contributed by atoms with van der Waals surface area (Å²) in [7, 11) is 0. The number of ketones is 7. The van der Waals surface area contributed by atoms with Crippen LogP contribution in [-0.4, -0.2) is 62.9 Å². The number of carbonyl (C=O) groups excluding carboxylic acids is 7. The van der Waals surface area contributed by atoms with E-state index >= 15 is 0 Å². The van der Waals surface area contributed by atoms with Crippen molar-refractivity contribution in [1.29, 1.82) is 0 Å². The Bertz CT molecular complexity index is 1180. The van der Waals surface area contributed by atoms with Crippen LogP contribution in [0, 0.1) is 55.4 Å². The largest absolute Gasteiger partial charge is 0.411 e. The van der Waals surface area contributed by atoms with Crippen molar-refractivity contribution in [2.24, 2.45) is 50.5 Å². The monoisotopic (exact) mass is 592 g/mol. The van der Waals surface area contributed by atoms with Gasteiger partial charge in [-0.05, 0) is 67.7 Å². The second kappa shape index (κ2) is 12.4. The van der Waals surface area contributed by atoms with Crippen LogP contribution in [0.4, 0.5) is 0 Å². The van der Waals surface area contributed by atoms with Gasteiger partial charge in [-0.25, -0.2) is 0 Å². The Morgan fingerprint density at radius 2 is 1.07 bits per heavy atom. The summed E-state index contributed by atoms with van der Waals surface area (Å²) < 4.78 is 0. The standard InChI is InChI=1S/C15H21NO6.C15H23NO4/c1-8(7-16(21)22)6-9(17)10-11(18)14(2,3)13(20)15(4,5)12(10)19;1-8(2)7-9(16-20)10-11(17)14(3,4)13(19)15(5,6)12(10)18/h8,10H,6-7H2,1-5H3;8,10,20H,7H2,1-6H3/b;16-9+. The van der Waals surface area contributed by atoms with Crippen molar-refractivity contribution in [3.8, 4) is 0 Å². The van der Waals surface area contributed by atoms with Crippen molar-refractivity contribution >= 4 is 46.2 Å². The van der Waals surface area contributed by atoms with Crippen molar-refractivity contribution in [1.82, 2.24) is 0 Å². The molecule has 0 aliphatic heterocycles. The second-order valence-electron chi connectivity index (χ2n) is 14.0. The molecule has 2 saturated carbocycles. The fourth-order valence-electron chi connectivity index (χ4n) is 5.70. The molecule has 2 aliphatic rings. The summed E-state index contributed by atoms with van der Waals surface area (Å²) in [6, 6.07) is 0. The molecule has 0 amide bonds. The van der Waals surface area contributed by atoms with Gasteiger partial charge < -0.3 is 5.21 Å². The molecule has 1 N–H and O–H groups in total. The fourth-order valence-corrected chi connectivity index (χ4v) is 5.70. The summed E-state index contributed by atoms with van der Waals surface area (Å²) in [5.41, 5.74) is -5.15. The highest BCUT2D eigenvalue weighted by molar-refractivity contribution is 6.36. The van der Waals surface area contributed by atoms with Gasteiger partial charge in [-0.1, -0.05) is 25.9 Å². The van der Waals surface area contributed by atoms with E-state index in [0.29, 0.717) is 6.42 Å². The Balaban J connectivity index is 0.000000422. The first-order valence-corrected chi connectivity index (χ1v) is 13.9. The number of nitrogens with zero attached hydrogens (tertiary/aromatic N) is 2. The lowest BCUT2D eigenvalue weighted by molar-refractivity contribution is -0.487. The van der Waals surface area contributed by atoms with Crippen LogP contribution in [0.3, 0.4) is 0 Å². The molecular formula is C30H44N2O10. The molecule has 42 heavy (non-hydrogen) atoms. The van der Waals surface area contributed by atoms with Gasteiger partial charge in [0.25, 0.3) is 0 Å². The highest BCUT2D eigenvalue weighted by Gasteiger charge is 2.60. The first-order valence-electron chi connectivity index (χ1n) is 13.9. The molecule has 0 aromatic rings. The van der Waals surface area contributed by atoms with Crippen LogP contribution >= 0.6 is 0 Å². The summed E-state index contributed by atoms with van der Waals surface area (Å²) in [4.78, 5) is 96.7. The normalized spacial score (nSPS) is 23.0. The van der Waals surface area contributed by atoms with E-state index in [1.807, 2.05) is 13.8 Å². The minimum Gasteiger partial charge on any atom is -0.411 e. The Hall–Kier alpha value is -3.44. The zero-order chi connectivity index (χ0) is 33.3. The average molecular weight is 593 g/mol. The smallest absolute Gasteiger partial charge is 0.206 e. The van der Waals surface area contributed by atoms with Gasteiger partial charge in [0.2, 0.25) is 6.54 Å². The molecular weight excluding hydrogens is 548 g/mol.